The Bertz CT molecular complexity index is 629. The highest BCUT2D eigenvalue weighted by Crippen LogP contribution is 2.22. The average Bonchev–Trinajstić information content (AvgIpc) is 3.06. The van der Waals surface area contributed by atoms with E-state index < -0.39 is 0 Å². The maximum Gasteiger partial charge on any atom is 0.240 e. The molecule has 2 aliphatic heterocycles. The fraction of sp³-hybridized carbons (Fsp3) is 0.619. The Morgan fingerprint density at radius 3 is 2.56 bits per heavy atom. The van der Waals surface area contributed by atoms with Crippen LogP contribution in [0.4, 0.5) is 0 Å². The van der Waals surface area contributed by atoms with Crippen molar-refractivity contribution in [3.05, 3.63) is 35.9 Å². The van der Waals surface area contributed by atoms with Crippen molar-refractivity contribution in [3.8, 4) is 0 Å². The van der Waals surface area contributed by atoms with Crippen LogP contribution in [-0.4, -0.2) is 66.5 Å². The number of rotatable bonds is 6. The molecule has 6 nitrogen and oxygen atoms in total. The predicted molar refractivity (Wildman–Crippen MR) is 104 cm³/mol. The van der Waals surface area contributed by atoms with Gasteiger partial charge in [-0.25, -0.2) is 0 Å². The first kappa shape index (κ1) is 19.8. The van der Waals surface area contributed by atoms with E-state index in [2.05, 4.69) is 22.3 Å². The summed E-state index contributed by atoms with van der Waals surface area (Å²) >= 11 is 0. The first-order valence-electron chi connectivity index (χ1n) is 10.0. The third-order valence-electron chi connectivity index (χ3n) is 5.60. The number of nitrogens with zero attached hydrogens (tertiary/aromatic N) is 2. The number of hydrogen-bond donors (Lipinski definition) is 1. The van der Waals surface area contributed by atoms with E-state index in [4.69, 9.17) is 4.74 Å². The first-order chi connectivity index (χ1) is 13.1. The van der Waals surface area contributed by atoms with Gasteiger partial charge in [-0.3, -0.25) is 14.5 Å². The number of ether oxygens (including phenoxy) is 1. The molecular formula is C21H31N3O3. The molecule has 3 rings (SSSR count). The first-order valence-corrected chi connectivity index (χ1v) is 10.0. The number of piperidine rings is 1. The van der Waals surface area contributed by atoms with Crippen molar-refractivity contribution in [3.63, 3.8) is 0 Å². The summed E-state index contributed by atoms with van der Waals surface area (Å²) in [7, 11) is 1.97. The number of amides is 2. The van der Waals surface area contributed by atoms with E-state index >= 15 is 0 Å². The molecule has 148 valence electrons. The minimum absolute atomic E-state index is 0.0536. The maximum atomic E-state index is 12.9. The van der Waals surface area contributed by atoms with Crippen LogP contribution in [0.2, 0.25) is 0 Å². The second-order valence-electron chi connectivity index (χ2n) is 7.63. The summed E-state index contributed by atoms with van der Waals surface area (Å²) in [5.74, 6) is 0.241. The molecule has 1 aromatic rings. The van der Waals surface area contributed by atoms with Gasteiger partial charge < -0.3 is 15.0 Å². The average molecular weight is 373 g/mol. The van der Waals surface area contributed by atoms with Crippen LogP contribution in [0.3, 0.4) is 0 Å². The molecule has 2 aliphatic rings. The third-order valence-corrected chi connectivity index (χ3v) is 5.60. The molecule has 0 saturated carbocycles. The molecule has 1 N–H and O–H groups in total. The topological polar surface area (TPSA) is 61.9 Å². The molecule has 0 aromatic heterocycles. The van der Waals surface area contributed by atoms with Gasteiger partial charge in [-0.1, -0.05) is 37.3 Å². The van der Waals surface area contributed by atoms with Crippen LogP contribution in [0.5, 0.6) is 0 Å². The molecule has 2 heterocycles. The van der Waals surface area contributed by atoms with Gasteiger partial charge in [0, 0.05) is 32.1 Å². The lowest BCUT2D eigenvalue weighted by Gasteiger charge is -2.34. The van der Waals surface area contributed by atoms with Crippen LogP contribution in [0.15, 0.2) is 30.3 Å². The van der Waals surface area contributed by atoms with Gasteiger partial charge in [-0.05, 0) is 31.9 Å². The van der Waals surface area contributed by atoms with E-state index in [0.29, 0.717) is 19.4 Å². The predicted octanol–water partition coefficient (Wildman–Crippen LogP) is 1.79. The summed E-state index contributed by atoms with van der Waals surface area (Å²) in [6, 6.07) is 10.1. The van der Waals surface area contributed by atoms with Crippen LogP contribution >= 0.6 is 0 Å². The van der Waals surface area contributed by atoms with Crippen LogP contribution in [0, 0.1) is 0 Å². The number of nitrogens with one attached hydrogen (secondary N) is 1. The van der Waals surface area contributed by atoms with E-state index in [0.717, 1.165) is 32.5 Å². The smallest absolute Gasteiger partial charge is 0.240 e. The molecular weight excluding hydrogens is 342 g/mol. The van der Waals surface area contributed by atoms with Crippen molar-refractivity contribution >= 4 is 11.8 Å². The lowest BCUT2D eigenvalue weighted by atomic mass is 10.0. The normalized spacial score (nSPS) is 24.1. The minimum Gasteiger partial charge on any atom is -0.373 e. The Balaban J connectivity index is 1.43. The molecule has 1 aromatic carbocycles. The van der Waals surface area contributed by atoms with Crippen molar-refractivity contribution in [1.82, 2.24) is 15.1 Å². The maximum absolute atomic E-state index is 12.9. The lowest BCUT2D eigenvalue weighted by Crippen LogP contribution is -2.48. The Morgan fingerprint density at radius 1 is 1.19 bits per heavy atom. The van der Waals surface area contributed by atoms with Gasteiger partial charge in [0.25, 0.3) is 0 Å². The molecule has 0 radical (unpaired) electrons. The highest BCUT2D eigenvalue weighted by Gasteiger charge is 2.38. The number of carbonyl (C=O) groups is 2. The third kappa shape index (κ3) is 5.30. The highest BCUT2D eigenvalue weighted by molar-refractivity contribution is 5.83. The zero-order valence-corrected chi connectivity index (χ0v) is 16.4. The van der Waals surface area contributed by atoms with Crippen molar-refractivity contribution in [1.29, 1.82) is 0 Å². The number of carbonyl (C=O) groups excluding carboxylic acids is 2. The van der Waals surface area contributed by atoms with Crippen molar-refractivity contribution in [2.45, 2.75) is 57.4 Å². The van der Waals surface area contributed by atoms with Crippen LogP contribution in [-0.2, 0) is 20.9 Å². The van der Waals surface area contributed by atoms with E-state index in [1.54, 1.807) is 0 Å². The van der Waals surface area contributed by atoms with Gasteiger partial charge in [0.05, 0.1) is 18.8 Å². The molecule has 0 spiro atoms. The Labute approximate surface area is 161 Å². The summed E-state index contributed by atoms with van der Waals surface area (Å²) < 4.78 is 6.02. The van der Waals surface area contributed by atoms with Crippen LogP contribution < -0.4 is 5.32 Å². The lowest BCUT2D eigenvalue weighted by molar-refractivity contribution is -0.138. The standard InChI is InChI=1S/C21H31N3O3/c1-3-20(25)22-17-13-19(23(2)14-17)21(26)24-11-9-18(10-12-24)27-15-16-7-5-4-6-8-16/h4-8,17-19H,3,9-15H2,1-2H3,(H,22,25)/t17-,19+/m1/s1. The van der Waals surface area contributed by atoms with Gasteiger partial charge in [-0.2, -0.15) is 0 Å². The molecule has 2 saturated heterocycles. The largest absolute Gasteiger partial charge is 0.373 e. The molecule has 2 atom stereocenters. The molecule has 0 aliphatic carbocycles. The summed E-state index contributed by atoms with van der Waals surface area (Å²) in [4.78, 5) is 28.6. The molecule has 27 heavy (non-hydrogen) atoms. The number of likely N-dealkylation sites (tertiary alicyclic amines) is 2. The van der Waals surface area contributed by atoms with Gasteiger partial charge in [0.15, 0.2) is 0 Å². The summed E-state index contributed by atoms with van der Waals surface area (Å²) in [6.07, 6.45) is 3.16. The zero-order valence-electron chi connectivity index (χ0n) is 16.4. The van der Waals surface area contributed by atoms with Crippen LogP contribution in [0.25, 0.3) is 0 Å². The zero-order chi connectivity index (χ0) is 19.2. The highest BCUT2D eigenvalue weighted by atomic mass is 16.5. The van der Waals surface area contributed by atoms with E-state index in [9.17, 15) is 9.59 Å². The van der Waals surface area contributed by atoms with Gasteiger partial charge in [0.1, 0.15) is 0 Å². The Hall–Kier alpha value is -1.92. The minimum atomic E-state index is -0.131. The van der Waals surface area contributed by atoms with Crippen molar-refractivity contribution in [2.24, 2.45) is 0 Å². The van der Waals surface area contributed by atoms with E-state index in [1.807, 2.05) is 37.1 Å². The summed E-state index contributed by atoms with van der Waals surface area (Å²) in [5, 5.41) is 3.01. The van der Waals surface area contributed by atoms with E-state index in [-0.39, 0.29) is 30.0 Å². The van der Waals surface area contributed by atoms with Gasteiger partial charge in [-0.15, -0.1) is 0 Å². The molecule has 6 heteroatoms. The van der Waals surface area contributed by atoms with Crippen molar-refractivity contribution in [2.75, 3.05) is 26.7 Å². The number of hydrogen-bond acceptors (Lipinski definition) is 4. The second-order valence-corrected chi connectivity index (χ2v) is 7.63. The summed E-state index contributed by atoms with van der Waals surface area (Å²) in [5.41, 5.74) is 1.18. The van der Waals surface area contributed by atoms with Gasteiger partial charge in [0.2, 0.25) is 11.8 Å². The molecule has 2 fully saturated rings. The molecule has 2 amide bonds. The van der Waals surface area contributed by atoms with Crippen LogP contribution in [0.1, 0.15) is 38.2 Å². The SMILES string of the molecule is CCC(=O)N[C@@H]1C[C@@H](C(=O)N2CCC(OCc3ccccc3)CC2)N(C)C1. The fourth-order valence-electron chi connectivity index (χ4n) is 3.96. The monoisotopic (exact) mass is 373 g/mol. The number of likely N-dealkylation sites (N-methyl/N-ethyl adjacent to an activating group) is 1. The Kier molecular flexibility index (Phi) is 6.85. The van der Waals surface area contributed by atoms with Crippen molar-refractivity contribution < 1.29 is 14.3 Å². The molecule has 0 bridgehead atoms. The quantitative estimate of drug-likeness (QED) is 0.826. The molecule has 0 unspecified atom stereocenters. The second kappa shape index (κ2) is 9.33. The number of benzene rings is 1. The Morgan fingerprint density at radius 2 is 1.89 bits per heavy atom. The summed E-state index contributed by atoms with van der Waals surface area (Å²) in [6.45, 7) is 4.70. The van der Waals surface area contributed by atoms with Gasteiger partial charge >= 0.3 is 0 Å². The van der Waals surface area contributed by atoms with E-state index in [1.165, 1.54) is 5.56 Å². The fourth-order valence-corrected chi connectivity index (χ4v) is 3.96.